The minimum Gasteiger partial charge on any atom is -0.370 e. The van der Waals surface area contributed by atoms with E-state index in [1.165, 1.54) is 44.1 Å². The molecule has 3 fully saturated rings. The number of nitrogens with zero attached hydrogens (tertiary/aromatic N) is 5. The summed E-state index contributed by atoms with van der Waals surface area (Å²) in [5.74, 6) is 4.09. The van der Waals surface area contributed by atoms with Crippen molar-refractivity contribution in [3.05, 3.63) is 35.9 Å². The van der Waals surface area contributed by atoms with E-state index in [-0.39, 0.29) is 6.04 Å². The predicted octanol–water partition coefficient (Wildman–Crippen LogP) is 6.15. The molecule has 7 heteroatoms. The van der Waals surface area contributed by atoms with E-state index in [2.05, 4.69) is 103 Å². The molecule has 0 amide bonds. The van der Waals surface area contributed by atoms with Crippen molar-refractivity contribution in [2.24, 2.45) is 39.8 Å². The first-order valence-electron chi connectivity index (χ1n) is 17.9. The van der Waals surface area contributed by atoms with Gasteiger partial charge in [-0.05, 0) is 86.1 Å². The van der Waals surface area contributed by atoms with E-state index in [0.717, 1.165) is 63.5 Å². The van der Waals surface area contributed by atoms with Crippen molar-refractivity contribution in [3.63, 3.8) is 0 Å². The average Bonchev–Trinajstić information content (AvgIpc) is 3.67. The summed E-state index contributed by atoms with van der Waals surface area (Å²) in [5.41, 5.74) is 8.21. The number of nitrogens with one attached hydrogen (secondary N) is 1. The van der Waals surface area contributed by atoms with Gasteiger partial charge in [0.15, 0.2) is 11.9 Å². The third-order valence-corrected chi connectivity index (χ3v) is 11.6. The smallest absolute Gasteiger partial charge is 0.194 e. The Kier molecular flexibility index (Phi) is 10.5. The number of guanidine groups is 2. The van der Waals surface area contributed by atoms with Crippen molar-refractivity contribution in [1.82, 2.24) is 19.6 Å². The minimum atomic E-state index is 0.277. The van der Waals surface area contributed by atoms with Crippen molar-refractivity contribution >= 4 is 11.9 Å². The van der Waals surface area contributed by atoms with Crippen molar-refractivity contribution in [3.8, 4) is 0 Å². The SMILES string of the molecule is CC(C)[C@@H]1CN([C@H](Cc2ccccc2)CN2CCC[C@H]2CN2C(N)=NC[C@H]2C(C)C)C(=N)N1CC1CCC(C(C)(C)C)CC1. The first-order chi connectivity index (χ1) is 20.9. The Bertz CT molecular complexity index is 1100. The van der Waals surface area contributed by atoms with E-state index >= 15 is 0 Å². The Balaban J connectivity index is 1.31. The molecule has 3 heterocycles. The van der Waals surface area contributed by atoms with Gasteiger partial charge in [-0.2, -0.15) is 0 Å². The summed E-state index contributed by atoms with van der Waals surface area (Å²) in [4.78, 5) is 14.8. The highest BCUT2D eigenvalue weighted by molar-refractivity contribution is 5.80. The maximum Gasteiger partial charge on any atom is 0.194 e. The summed E-state index contributed by atoms with van der Waals surface area (Å²) >= 11 is 0. The molecule has 4 aliphatic rings. The van der Waals surface area contributed by atoms with Gasteiger partial charge in [-0.3, -0.25) is 15.3 Å². The number of rotatable bonds is 11. The minimum absolute atomic E-state index is 0.277. The molecule has 0 aromatic heterocycles. The van der Waals surface area contributed by atoms with Crippen LogP contribution in [0.25, 0.3) is 0 Å². The second-order valence-corrected chi connectivity index (χ2v) is 16.3. The molecule has 2 saturated heterocycles. The fourth-order valence-electron chi connectivity index (χ4n) is 8.66. The van der Waals surface area contributed by atoms with Gasteiger partial charge in [0.2, 0.25) is 0 Å². The van der Waals surface area contributed by atoms with Crippen LogP contribution in [0.3, 0.4) is 0 Å². The van der Waals surface area contributed by atoms with Gasteiger partial charge >= 0.3 is 0 Å². The monoisotopic (exact) mass is 606 g/mol. The molecule has 1 saturated carbocycles. The zero-order valence-electron chi connectivity index (χ0n) is 29.0. The van der Waals surface area contributed by atoms with Gasteiger partial charge in [-0.25, -0.2) is 0 Å². The molecule has 0 unspecified atom stereocenters. The Labute approximate surface area is 269 Å². The number of hydrogen-bond donors (Lipinski definition) is 2. The predicted molar refractivity (Wildman–Crippen MR) is 185 cm³/mol. The fourth-order valence-corrected chi connectivity index (χ4v) is 8.66. The quantitative estimate of drug-likeness (QED) is 0.317. The molecule has 1 aromatic carbocycles. The van der Waals surface area contributed by atoms with Crippen LogP contribution in [-0.4, -0.2) is 95.0 Å². The zero-order valence-corrected chi connectivity index (χ0v) is 29.0. The summed E-state index contributed by atoms with van der Waals surface area (Å²) in [5, 5.41) is 9.64. The highest BCUT2D eigenvalue weighted by Crippen LogP contribution is 2.41. The van der Waals surface area contributed by atoms with Crippen molar-refractivity contribution in [1.29, 1.82) is 5.41 Å². The largest absolute Gasteiger partial charge is 0.370 e. The summed E-state index contributed by atoms with van der Waals surface area (Å²) in [6, 6.07) is 12.6. The van der Waals surface area contributed by atoms with Gasteiger partial charge in [-0.15, -0.1) is 0 Å². The molecule has 0 radical (unpaired) electrons. The Morgan fingerprint density at radius 1 is 0.909 bits per heavy atom. The van der Waals surface area contributed by atoms with E-state index in [9.17, 15) is 5.41 Å². The second kappa shape index (κ2) is 14.0. The number of nitrogens with two attached hydrogens (primary N) is 1. The van der Waals surface area contributed by atoms with Crippen LogP contribution in [0.4, 0.5) is 0 Å². The van der Waals surface area contributed by atoms with E-state index in [1.807, 2.05) is 0 Å². The van der Waals surface area contributed by atoms with Crippen LogP contribution in [0.1, 0.15) is 92.6 Å². The van der Waals surface area contributed by atoms with Gasteiger partial charge in [0.05, 0.1) is 18.6 Å². The third-order valence-electron chi connectivity index (χ3n) is 11.6. The first-order valence-corrected chi connectivity index (χ1v) is 17.9. The van der Waals surface area contributed by atoms with Crippen LogP contribution in [0.5, 0.6) is 0 Å². The number of hydrogen-bond acceptors (Lipinski definition) is 5. The molecule has 1 aliphatic carbocycles. The Morgan fingerprint density at radius 2 is 1.59 bits per heavy atom. The second-order valence-electron chi connectivity index (χ2n) is 16.3. The summed E-state index contributed by atoms with van der Waals surface area (Å²) in [7, 11) is 0. The van der Waals surface area contributed by atoms with E-state index in [1.54, 1.807) is 0 Å². The Hall–Kier alpha value is -2.28. The zero-order chi connectivity index (χ0) is 31.6. The lowest BCUT2D eigenvalue weighted by atomic mass is 9.70. The van der Waals surface area contributed by atoms with Crippen LogP contribution >= 0.6 is 0 Å². The van der Waals surface area contributed by atoms with Crippen molar-refractivity contribution in [2.45, 2.75) is 118 Å². The van der Waals surface area contributed by atoms with Crippen LogP contribution in [-0.2, 0) is 6.42 Å². The molecule has 0 spiro atoms. The molecule has 7 nitrogen and oxygen atoms in total. The van der Waals surface area contributed by atoms with Crippen molar-refractivity contribution in [2.75, 3.05) is 39.3 Å². The van der Waals surface area contributed by atoms with E-state index in [4.69, 9.17) is 5.73 Å². The molecule has 1 aromatic rings. The lowest BCUT2D eigenvalue weighted by molar-refractivity contribution is 0.130. The van der Waals surface area contributed by atoms with Gasteiger partial charge in [-0.1, -0.05) is 78.8 Å². The van der Waals surface area contributed by atoms with Gasteiger partial charge < -0.3 is 20.4 Å². The highest BCUT2D eigenvalue weighted by atomic mass is 15.5. The summed E-state index contributed by atoms with van der Waals surface area (Å²) < 4.78 is 0. The highest BCUT2D eigenvalue weighted by Gasteiger charge is 2.43. The van der Waals surface area contributed by atoms with E-state index in [0.29, 0.717) is 41.3 Å². The Morgan fingerprint density at radius 3 is 2.23 bits per heavy atom. The van der Waals surface area contributed by atoms with E-state index < -0.39 is 0 Å². The lowest BCUT2D eigenvalue weighted by Gasteiger charge is -2.40. The fraction of sp³-hybridized carbons (Fsp3) is 0.784. The van der Waals surface area contributed by atoms with Crippen LogP contribution in [0, 0.1) is 34.5 Å². The van der Waals surface area contributed by atoms with Gasteiger partial charge in [0.25, 0.3) is 0 Å². The van der Waals surface area contributed by atoms with Crippen LogP contribution in [0.2, 0.25) is 0 Å². The van der Waals surface area contributed by atoms with Crippen LogP contribution in [0.15, 0.2) is 35.3 Å². The first kappa shape index (κ1) is 33.1. The molecule has 0 bridgehead atoms. The van der Waals surface area contributed by atoms with Crippen LogP contribution < -0.4 is 5.73 Å². The molecule has 44 heavy (non-hydrogen) atoms. The molecule has 246 valence electrons. The standard InChI is InChI=1S/C37H63N7/c1-26(2)33-21-40-35(38)43(33)24-31-14-11-19-41(31)23-32(20-28-12-9-8-10-13-28)42-25-34(27(3)4)44(36(42)39)22-29-15-17-30(18-16-29)37(5,6)7/h8-10,12-13,26-27,29-34,39H,11,14-25H2,1-7H3,(H2,38,40)/t29?,30?,31-,32+,33-,34-/m0/s1. The molecular formula is C37H63N7. The van der Waals surface area contributed by atoms with Crippen molar-refractivity contribution < 1.29 is 0 Å². The number of benzene rings is 1. The lowest BCUT2D eigenvalue weighted by Crippen LogP contribution is -2.53. The molecule has 3 aliphatic heterocycles. The molecule has 4 atom stereocenters. The average molecular weight is 606 g/mol. The topological polar surface area (TPSA) is 75.2 Å². The number of likely N-dealkylation sites (tertiary alicyclic amines) is 1. The summed E-state index contributed by atoms with van der Waals surface area (Å²) in [6.07, 6.45) is 8.70. The van der Waals surface area contributed by atoms with Gasteiger partial charge in [0.1, 0.15) is 0 Å². The molecule has 3 N–H and O–H groups in total. The molecular weight excluding hydrogens is 542 g/mol. The maximum atomic E-state index is 9.64. The maximum absolute atomic E-state index is 9.64. The molecule has 5 rings (SSSR count). The summed E-state index contributed by atoms with van der Waals surface area (Å²) in [6.45, 7) is 22.5. The number of aliphatic imine (C=N–C) groups is 1. The third kappa shape index (κ3) is 7.57. The van der Waals surface area contributed by atoms with Gasteiger partial charge in [0, 0.05) is 38.3 Å². The normalized spacial score (nSPS) is 29.4.